The van der Waals surface area contributed by atoms with E-state index < -0.39 is 0 Å². The number of amides is 1. The van der Waals surface area contributed by atoms with Gasteiger partial charge in [-0.3, -0.25) is 9.78 Å². The highest BCUT2D eigenvalue weighted by atomic mass is 16.1. The summed E-state index contributed by atoms with van der Waals surface area (Å²) < 4.78 is 0. The van der Waals surface area contributed by atoms with E-state index >= 15 is 0 Å². The van der Waals surface area contributed by atoms with Crippen molar-refractivity contribution in [3.05, 3.63) is 76.9 Å². The van der Waals surface area contributed by atoms with Gasteiger partial charge in [0.1, 0.15) is 5.69 Å². The second-order valence-electron chi connectivity index (χ2n) is 6.17. The largest absolute Gasteiger partial charge is 0.349 e. The lowest BCUT2D eigenvalue weighted by Gasteiger charge is -2.11. The molecule has 0 unspecified atom stereocenters. The van der Waals surface area contributed by atoms with E-state index in [4.69, 9.17) is 0 Å². The van der Waals surface area contributed by atoms with E-state index in [9.17, 15) is 4.79 Å². The van der Waals surface area contributed by atoms with Crippen molar-refractivity contribution in [1.82, 2.24) is 15.0 Å². The maximum absolute atomic E-state index is 12.6. The zero-order valence-corrected chi connectivity index (χ0v) is 15.1. The molecule has 0 saturated carbocycles. The summed E-state index contributed by atoms with van der Waals surface area (Å²) in [6, 6.07) is 13.3. The Morgan fingerprint density at radius 3 is 2.65 bits per heavy atom. The number of benzene rings is 1. The van der Waals surface area contributed by atoms with E-state index in [-0.39, 0.29) is 5.91 Å². The molecule has 3 aromatic rings. The van der Waals surface area contributed by atoms with Crippen molar-refractivity contribution in [3.8, 4) is 0 Å². The molecule has 0 atom stereocenters. The molecule has 26 heavy (non-hydrogen) atoms. The maximum Gasteiger partial charge on any atom is 0.274 e. The Morgan fingerprint density at radius 2 is 1.88 bits per heavy atom. The molecule has 6 nitrogen and oxygen atoms in total. The van der Waals surface area contributed by atoms with Crippen LogP contribution in [0.1, 0.15) is 33.0 Å². The maximum atomic E-state index is 12.6. The van der Waals surface area contributed by atoms with Crippen LogP contribution in [0, 0.1) is 20.8 Å². The van der Waals surface area contributed by atoms with E-state index in [2.05, 4.69) is 25.6 Å². The Hall–Kier alpha value is -3.28. The molecule has 0 fully saturated rings. The molecule has 0 aliphatic rings. The van der Waals surface area contributed by atoms with E-state index in [0.29, 0.717) is 18.2 Å². The Kier molecular flexibility index (Phi) is 5.22. The van der Waals surface area contributed by atoms with Crippen molar-refractivity contribution >= 4 is 17.5 Å². The normalized spacial score (nSPS) is 10.4. The summed E-state index contributed by atoms with van der Waals surface area (Å²) in [7, 11) is 0. The SMILES string of the molecule is Cc1ccc(C)c(NC(=O)c2cc(C)nc(NCc3ccccn3)n2)c1. The first-order chi connectivity index (χ1) is 12.5. The van der Waals surface area contributed by atoms with Gasteiger partial charge in [-0.1, -0.05) is 18.2 Å². The summed E-state index contributed by atoms with van der Waals surface area (Å²) in [5, 5.41) is 6.04. The summed E-state index contributed by atoms with van der Waals surface area (Å²) in [5.41, 5.74) is 4.79. The van der Waals surface area contributed by atoms with Gasteiger partial charge in [0.05, 0.1) is 12.2 Å². The average molecular weight is 347 g/mol. The summed E-state index contributed by atoms with van der Waals surface area (Å²) in [5.74, 6) is 0.145. The van der Waals surface area contributed by atoms with Gasteiger partial charge in [0.25, 0.3) is 5.91 Å². The number of hydrogen-bond donors (Lipinski definition) is 2. The predicted molar refractivity (Wildman–Crippen MR) is 102 cm³/mol. The zero-order valence-electron chi connectivity index (χ0n) is 15.1. The molecule has 3 rings (SSSR count). The smallest absolute Gasteiger partial charge is 0.274 e. The molecule has 132 valence electrons. The Balaban J connectivity index is 1.76. The quantitative estimate of drug-likeness (QED) is 0.736. The van der Waals surface area contributed by atoms with Crippen molar-refractivity contribution in [2.45, 2.75) is 27.3 Å². The number of carbonyl (C=O) groups is 1. The van der Waals surface area contributed by atoms with Crippen molar-refractivity contribution in [2.24, 2.45) is 0 Å². The predicted octanol–water partition coefficient (Wildman–Crippen LogP) is 3.66. The molecular formula is C20H21N5O. The molecule has 0 saturated heterocycles. The third-order valence-electron chi connectivity index (χ3n) is 3.88. The Labute approximate surface area is 152 Å². The summed E-state index contributed by atoms with van der Waals surface area (Å²) in [6.45, 7) is 6.27. The first-order valence-corrected chi connectivity index (χ1v) is 8.39. The van der Waals surface area contributed by atoms with Gasteiger partial charge >= 0.3 is 0 Å². The van der Waals surface area contributed by atoms with Crippen LogP contribution < -0.4 is 10.6 Å². The molecular weight excluding hydrogens is 326 g/mol. The lowest BCUT2D eigenvalue weighted by Crippen LogP contribution is -2.17. The molecule has 2 N–H and O–H groups in total. The number of aryl methyl sites for hydroxylation is 3. The molecule has 0 bridgehead atoms. The van der Waals surface area contributed by atoms with Crippen LogP contribution in [0.25, 0.3) is 0 Å². The second kappa shape index (κ2) is 7.74. The van der Waals surface area contributed by atoms with Crippen LogP contribution in [0.3, 0.4) is 0 Å². The van der Waals surface area contributed by atoms with Crippen LogP contribution in [0.2, 0.25) is 0 Å². The summed E-state index contributed by atoms with van der Waals surface area (Å²) in [6.07, 6.45) is 1.73. The third-order valence-corrected chi connectivity index (χ3v) is 3.88. The highest BCUT2D eigenvalue weighted by Crippen LogP contribution is 2.17. The number of hydrogen-bond acceptors (Lipinski definition) is 5. The Morgan fingerprint density at radius 1 is 1.04 bits per heavy atom. The average Bonchev–Trinajstić information content (AvgIpc) is 2.63. The fourth-order valence-electron chi connectivity index (χ4n) is 2.49. The van der Waals surface area contributed by atoms with Crippen LogP contribution >= 0.6 is 0 Å². The van der Waals surface area contributed by atoms with Gasteiger partial charge in [0, 0.05) is 17.6 Å². The van der Waals surface area contributed by atoms with Gasteiger partial charge in [0.15, 0.2) is 0 Å². The number of carbonyl (C=O) groups excluding carboxylic acids is 1. The highest BCUT2D eigenvalue weighted by molar-refractivity contribution is 6.03. The van der Waals surface area contributed by atoms with Crippen LogP contribution in [0.5, 0.6) is 0 Å². The molecule has 0 radical (unpaired) electrons. The van der Waals surface area contributed by atoms with Gasteiger partial charge < -0.3 is 10.6 Å². The number of aromatic nitrogens is 3. The van der Waals surface area contributed by atoms with E-state index in [0.717, 1.165) is 28.2 Å². The fourth-order valence-corrected chi connectivity index (χ4v) is 2.49. The minimum Gasteiger partial charge on any atom is -0.349 e. The van der Waals surface area contributed by atoms with Gasteiger partial charge in [-0.25, -0.2) is 9.97 Å². The number of rotatable bonds is 5. The number of pyridine rings is 1. The summed E-state index contributed by atoms with van der Waals surface area (Å²) in [4.78, 5) is 25.5. The number of nitrogens with one attached hydrogen (secondary N) is 2. The standard InChI is InChI=1S/C20H21N5O/c1-13-7-8-14(2)17(10-13)24-19(26)18-11-15(3)23-20(25-18)22-12-16-6-4-5-9-21-16/h4-11H,12H2,1-3H3,(H,24,26)(H,22,23,25). The van der Waals surface area contributed by atoms with Crippen molar-refractivity contribution in [3.63, 3.8) is 0 Å². The van der Waals surface area contributed by atoms with Crippen LogP contribution in [-0.4, -0.2) is 20.9 Å². The zero-order chi connectivity index (χ0) is 18.5. The fraction of sp³-hybridized carbons (Fsp3) is 0.200. The minimum absolute atomic E-state index is 0.259. The summed E-state index contributed by atoms with van der Waals surface area (Å²) >= 11 is 0. The molecule has 1 amide bonds. The lowest BCUT2D eigenvalue weighted by molar-refractivity contribution is 0.102. The van der Waals surface area contributed by atoms with Crippen LogP contribution in [0.15, 0.2) is 48.7 Å². The van der Waals surface area contributed by atoms with Gasteiger partial charge in [-0.05, 0) is 56.2 Å². The lowest BCUT2D eigenvalue weighted by atomic mass is 10.1. The highest BCUT2D eigenvalue weighted by Gasteiger charge is 2.12. The van der Waals surface area contributed by atoms with Crippen LogP contribution in [-0.2, 0) is 6.54 Å². The topological polar surface area (TPSA) is 79.8 Å². The second-order valence-corrected chi connectivity index (χ2v) is 6.17. The van der Waals surface area contributed by atoms with Crippen LogP contribution in [0.4, 0.5) is 11.6 Å². The van der Waals surface area contributed by atoms with E-state index in [1.807, 2.05) is 57.2 Å². The molecule has 0 aliphatic carbocycles. The van der Waals surface area contributed by atoms with E-state index in [1.165, 1.54) is 0 Å². The first kappa shape index (κ1) is 17.5. The first-order valence-electron chi connectivity index (χ1n) is 8.39. The number of nitrogens with zero attached hydrogens (tertiary/aromatic N) is 3. The van der Waals surface area contributed by atoms with Crippen molar-refractivity contribution in [2.75, 3.05) is 10.6 Å². The van der Waals surface area contributed by atoms with Gasteiger partial charge in [-0.15, -0.1) is 0 Å². The molecule has 0 spiro atoms. The Bertz CT molecular complexity index is 925. The molecule has 1 aromatic carbocycles. The van der Waals surface area contributed by atoms with E-state index in [1.54, 1.807) is 12.3 Å². The van der Waals surface area contributed by atoms with Crippen molar-refractivity contribution in [1.29, 1.82) is 0 Å². The molecule has 6 heteroatoms. The third kappa shape index (κ3) is 4.42. The molecule has 2 heterocycles. The number of anilines is 2. The van der Waals surface area contributed by atoms with Gasteiger partial charge in [0.2, 0.25) is 5.95 Å². The molecule has 2 aromatic heterocycles. The monoisotopic (exact) mass is 347 g/mol. The van der Waals surface area contributed by atoms with Gasteiger partial charge in [-0.2, -0.15) is 0 Å². The minimum atomic E-state index is -0.259. The van der Waals surface area contributed by atoms with Crippen molar-refractivity contribution < 1.29 is 4.79 Å². The molecule has 0 aliphatic heterocycles.